The topological polar surface area (TPSA) is 58.6 Å². The van der Waals surface area contributed by atoms with E-state index in [0.717, 1.165) is 11.3 Å². The lowest BCUT2D eigenvalue weighted by Gasteiger charge is -2.31. The number of methoxy groups -OCH3 is 1. The second-order valence-electron chi connectivity index (χ2n) is 5.41. The van der Waals surface area contributed by atoms with Gasteiger partial charge in [0, 0.05) is 25.6 Å². The fraction of sp³-hybridized carbons (Fsp3) is 0.500. The van der Waals surface area contributed by atoms with E-state index in [9.17, 15) is 9.59 Å². The van der Waals surface area contributed by atoms with Gasteiger partial charge in [-0.2, -0.15) is 0 Å². The minimum absolute atomic E-state index is 0.0273. The van der Waals surface area contributed by atoms with Crippen molar-refractivity contribution in [2.75, 3.05) is 20.7 Å². The molecule has 0 saturated carbocycles. The largest absolute Gasteiger partial charge is 0.496 e. The van der Waals surface area contributed by atoms with E-state index in [2.05, 4.69) is 5.32 Å². The number of carbonyl (C=O) groups excluding carboxylic acids is 2. The van der Waals surface area contributed by atoms with Gasteiger partial charge in [0.15, 0.2) is 0 Å². The van der Waals surface area contributed by atoms with Crippen molar-refractivity contribution in [3.8, 4) is 5.75 Å². The standard InChI is InChI=1S/C16H22N2O3/c1-11(13-6-4-5-7-14(13)21-3)18(2)16(20)12-8-9-15(19)17-10-12/h4-7,11-12H,8-10H2,1-3H3,(H,17,19). The molecule has 1 aliphatic rings. The average molecular weight is 290 g/mol. The van der Waals surface area contributed by atoms with Crippen LogP contribution in [0.5, 0.6) is 5.75 Å². The number of rotatable bonds is 4. The number of hydrogen-bond donors (Lipinski definition) is 1. The number of benzene rings is 1. The summed E-state index contributed by atoms with van der Waals surface area (Å²) in [7, 11) is 3.43. The molecule has 1 aromatic rings. The summed E-state index contributed by atoms with van der Waals surface area (Å²) in [5.41, 5.74) is 0.982. The zero-order valence-electron chi connectivity index (χ0n) is 12.8. The van der Waals surface area contributed by atoms with E-state index in [4.69, 9.17) is 4.74 Å². The van der Waals surface area contributed by atoms with E-state index in [1.54, 1.807) is 19.1 Å². The molecule has 5 nitrogen and oxygen atoms in total. The van der Waals surface area contributed by atoms with Gasteiger partial charge >= 0.3 is 0 Å². The summed E-state index contributed by atoms with van der Waals surface area (Å²) in [5, 5.41) is 2.76. The van der Waals surface area contributed by atoms with Crippen LogP contribution in [0.4, 0.5) is 0 Å². The van der Waals surface area contributed by atoms with Gasteiger partial charge in [0.2, 0.25) is 11.8 Å². The molecule has 0 aliphatic carbocycles. The third kappa shape index (κ3) is 3.35. The smallest absolute Gasteiger partial charge is 0.227 e. The molecule has 1 N–H and O–H groups in total. The Labute approximate surface area is 125 Å². The molecule has 1 aliphatic heterocycles. The van der Waals surface area contributed by atoms with Crippen LogP contribution in [-0.2, 0) is 9.59 Å². The second-order valence-corrected chi connectivity index (χ2v) is 5.41. The third-order valence-corrected chi connectivity index (χ3v) is 4.13. The molecule has 5 heteroatoms. The Morgan fingerprint density at radius 3 is 2.76 bits per heavy atom. The minimum Gasteiger partial charge on any atom is -0.496 e. The number of hydrogen-bond acceptors (Lipinski definition) is 3. The molecule has 0 bridgehead atoms. The lowest BCUT2D eigenvalue weighted by atomic mass is 9.96. The maximum atomic E-state index is 12.6. The number of carbonyl (C=O) groups is 2. The van der Waals surface area contributed by atoms with Gasteiger partial charge in [-0.1, -0.05) is 18.2 Å². The highest BCUT2D eigenvalue weighted by Gasteiger charge is 2.29. The van der Waals surface area contributed by atoms with Crippen molar-refractivity contribution in [2.24, 2.45) is 5.92 Å². The molecule has 1 heterocycles. The minimum atomic E-state index is -0.134. The van der Waals surface area contributed by atoms with Crippen molar-refractivity contribution in [2.45, 2.75) is 25.8 Å². The summed E-state index contributed by atoms with van der Waals surface area (Å²) >= 11 is 0. The number of nitrogens with zero attached hydrogens (tertiary/aromatic N) is 1. The van der Waals surface area contributed by atoms with Crippen LogP contribution in [0.25, 0.3) is 0 Å². The van der Waals surface area contributed by atoms with Gasteiger partial charge in [-0.15, -0.1) is 0 Å². The molecule has 0 spiro atoms. The first-order valence-corrected chi connectivity index (χ1v) is 7.21. The van der Waals surface area contributed by atoms with Crippen LogP contribution in [-0.4, -0.2) is 37.4 Å². The maximum absolute atomic E-state index is 12.6. The highest BCUT2D eigenvalue weighted by atomic mass is 16.5. The van der Waals surface area contributed by atoms with Crippen LogP contribution < -0.4 is 10.1 Å². The molecule has 1 saturated heterocycles. The zero-order valence-corrected chi connectivity index (χ0v) is 12.8. The molecule has 1 aromatic carbocycles. The molecule has 21 heavy (non-hydrogen) atoms. The van der Waals surface area contributed by atoms with Crippen LogP contribution in [0.15, 0.2) is 24.3 Å². The van der Waals surface area contributed by atoms with Crippen molar-refractivity contribution >= 4 is 11.8 Å². The Kier molecular flexibility index (Phi) is 4.83. The fourth-order valence-corrected chi connectivity index (χ4v) is 2.64. The first kappa shape index (κ1) is 15.4. The predicted octanol–water partition coefficient (Wildman–Crippen LogP) is 1.74. The van der Waals surface area contributed by atoms with Gasteiger partial charge in [0.05, 0.1) is 19.1 Å². The Morgan fingerprint density at radius 2 is 2.14 bits per heavy atom. The van der Waals surface area contributed by atoms with Crippen molar-refractivity contribution in [3.63, 3.8) is 0 Å². The summed E-state index contributed by atoms with van der Waals surface area (Å²) in [6.07, 6.45) is 1.04. The maximum Gasteiger partial charge on any atom is 0.227 e. The Balaban J connectivity index is 2.09. The van der Waals surface area contributed by atoms with E-state index in [-0.39, 0.29) is 23.8 Å². The number of piperidine rings is 1. The van der Waals surface area contributed by atoms with Gasteiger partial charge in [-0.3, -0.25) is 9.59 Å². The summed E-state index contributed by atoms with van der Waals surface area (Å²) in [4.78, 5) is 25.5. The van der Waals surface area contributed by atoms with Crippen molar-refractivity contribution in [3.05, 3.63) is 29.8 Å². The Morgan fingerprint density at radius 1 is 1.43 bits per heavy atom. The average Bonchev–Trinajstić information content (AvgIpc) is 2.53. The normalized spacial score (nSPS) is 19.6. The number of para-hydroxylation sites is 1. The molecule has 0 radical (unpaired) electrons. The molecule has 1 fully saturated rings. The molecule has 2 atom stereocenters. The highest BCUT2D eigenvalue weighted by molar-refractivity contribution is 5.84. The summed E-state index contributed by atoms with van der Waals surface area (Å²) in [6.45, 7) is 2.41. The summed E-state index contributed by atoms with van der Waals surface area (Å²) in [6, 6.07) is 7.63. The first-order chi connectivity index (χ1) is 10.0. The van der Waals surface area contributed by atoms with Gasteiger partial charge in [-0.25, -0.2) is 0 Å². The molecule has 114 valence electrons. The quantitative estimate of drug-likeness (QED) is 0.919. The molecular weight excluding hydrogens is 268 g/mol. The van der Waals surface area contributed by atoms with Crippen LogP contribution in [0.3, 0.4) is 0 Å². The zero-order chi connectivity index (χ0) is 15.4. The predicted molar refractivity (Wildman–Crippen MR) is 79.9 cm³/mol. The van der Waals surface area contributed by atoms with Crippen LogP contribution >= 0.6 is 0 Å². The van der Waals surface area contributed by atoms with Crippen LogP contribution in [0.2, 0.25) is 0 Å². The van der Waals surface area contributed by atoms with Gasteiger partial charge in [0.25, 0.3) is 0 Å². The van der Waals surface area contributed by atoms with Crippen LogP contribution in [0.1, 0.15) is 31.4 Å². The molecule has 0 aromatic heterocycles. The monoisotopic (exact) mass is 290 g/mol. The van der Waals surface area contributed by atoms with E-state index in [1.807, 2.05) is 31.2 Å². The Bertz CT molecular complexity index is 520. The van der Waals surface area contributed by atoms with Gasteiger partial charge in [-0.05, 0) is 19.4 Å². The number of nitrogens with one attached hydrogen (secondary N) is 1. The SMILES string of the molecule is COc1ccccc1C(C)N(C)C(=O)C1CCC(=O)NC1. The third-order valence-electron chi connectivity index (χ3n) is 4.13. The Hall–Kier alpha value is -2.04. The molecular formula is C16H22N2O3. The van der Waals surface area contributed by atoms with Gasteiger partial charge in [0.1, 0.15) is 5.75 Å². The van der Waals surface area contributed by atoms with Crippen molar-refractivity contribution in [1.29, 1.82) is 0 Å². The van der Waals surface area contributed by atoms with E-state index >= 15 is 0 Å². The van der Waals surface area contributed by atoms with Crippen LogP contribution in [0, 0.1) is 5.92 Å². The lowest BCUT2D eigenvalue weighted by molar-refractivity contribution is -0.138. The van der Waals surface area contributed by atoms with E-state index in [0.29, 0.717) is 19.4 Å². The van der Waals surface area contributed by atoms with E-state index in [1.165, 1.54) is 0 Å². The van der Waals surface area contributed by atoms with Crippen molar-refractivity contribution in [1.82, 2.24) is 10.2 Å². The summed E-state index contributed by atoms with van der Waals surface area (Å²) in [5.74, 6) is 0.736. The first-order valence-electron chi connectivity index (χ1n) is 7.21. The van der Waals surface area contributed by atoms with Crippen molar-refractivity contribution < 1.29 is 14.3 Å². The number of amides is 2. The van der Waals surface area contributed by atoms with Gasteiger partial charge < -0.3 is 15.0 Å². The lowest BCUT2D eigenvalue weighted by Crippen LogP contribution is -2.44. The molecule has 2 unspecified atom stereocenters. The summed E-state index contributed by atoms with van der Waals surface area (Å²) < 4.78 is 5.36. The molecule has 2 rings (SSSR count). The second kappa shape index (κ2) is 6.61. The highest BCUT2D eigenvalue weighted by Crippen LogP contribution is 2.29. The number of ether oxygens (including phenoxy) is 1. The van der Waals surface area contributed by atoms with E-state index < -0.39 is 0 Å². The fourth-order valence-electron chi connectivity index (χ4n) is 2.64. The molecule has 2 amide bonds.